The molecule has 164 valence electrons. The van der Waals surface area contributed by atoms with Crippen molar-refractivity contribution in [3.63, 3.8) is 0 Å². The third-order valence-corrected chi connectivity index (χ3v) is 5.35. The van der Waals surface area contributed by atoms with Crippen LogP contribution in [0.2, 0.25) is 0 Å². The first-order chi connectivity index (χ1) is 15.4. The third kappa shape index (κ3) is 4.54. The Bertz CT molecular complexity index is 1110. The molecule has 2 aromatic carbocycles. The van der Waals surface area contributed by atoms with Crippen LogP contribution in [0.3, 0.4) is 0 Å². The second-order valence-corrected chi connectivity index (χ2v) is 8.10. The number of hydrogen-bond acceptors (Lipinski definition) is 5. The maximum atomic E-state index is 13.7. The van der Waals surface area contributed by atoms with Crippen LogP contribution in [0, 0.1) is 17.2 Å². The number of fused-ring (bicyclic) bond motifs is 1. The summed E-state index contributed by atoms with van der Waals surface area (Å²) < 4.78 is 0. The van der Waals surface area contributed by atoms with Gasteiger partial charge in [0.05, 0.1) is 23.6 Å². The van der Waals surface area contributed by atoms with Gasteiger partial charge in [-0.05, 0) is 35.7 Å². The lowest BCUT2D eigenvalue weighted by atomic mass is 9.78. The minimum atomic E-state index is -0.707. The molecule has 0 fully saturated rings. The van der Waals surface area contributed by atoms with Crippen LogP contribution in [0.4, 0.5) is 5.69 Å². The van der Waals surface area contributed by atoms with Crippen molar-refractivity contribution in [2.45, 2.75) is 25.8 Å². The Morgan fingerprint density at radius 2 is 2.03 bits per heavy atom. The summed E-state index contributed by atoms with van der Waals surface area (Å²) in [5.74, 6) is -0.956. The van der Waals surface area contributed by atoms with Gasteiger partial charge in [0, 0.05) is 42.8 Å². The summed E-state index contributed by atoms with van der Waals surface area (Å²) in [6.07, 6.45) is 3.00. The van der Waals surface area contributed by atoms with Gasteiger partial charge in [0.2, 0.25) is 5.91 Å². The Kier molecular flexibility index (Phi) is 7.06. The summed E-state index contributed by atoms with van der Waals surface area (Å²) >= 11 is 0. The molecule has 1 aliphatic rings. The number of nitrogens with one attached hydrogen (secondary N) is 1. The minimum absolute atomic E-state index is 0.140. The lowest BCUT2D eigenvalue weighted by Crippen LogP contribution is -2.53. The molecule has 3 N–H and O–H groups in total. The molecular weight excluding hydrogens is 402 g/mol. The highest BCUT2D eigenvalue weighted by atomic mass is 16.2. The van der Waals surface area contributed by atoms with E-state index < -0.39 is 12.0 Å². The highest BCUT2D eigenvalue weighted by Crippen LogP contribution is 2.37. The normalized spacial score (nSPS) is 18.5. The molecule has 0 aromatic heterocycles. The molecule has 3 rings (SSSR count). The number of carbonyl (C=O) groups is 2. The second kappa shape index (κ2) is 9.92. The number of rotatable bonds is 6. The number of nitrogens with zero attached hydrogens (tertiary/aromatic N) is 3. The second-order valence-electron chi connectivity index (χ2n) is 8.10. The number of amides is 2. The molecule has 0 saturated heterocycles. The van der Waals surface area contributed by atoms with E-state index in [9.17, 15) is 14.9 Å². The van der Waals surface area contributed by atoms with Gasteiger partial charge in [-0.25, -0.2) is 0 Å². The molecule has 2 amide bonds. The van der Waals surface area contributed by atoms with Crippen molar-refractivity contribution >= 4 is 23.7 Å². The summed E-state index contributed by atoms with van der Waals surface area (Å²) in [6.45, 7) is 4.50. The quantitative estimate of drug-likeness (QED) is 0.686. The summed E-state index contributed by atoms with van der Waals surface area (Å²) in [7, 11) is 1.62. The zero-order chi connectivity index (χ0) is 23.3. The monoisotopic (exact) mass is 429 g/mol. The van der Waals surface area contributed by atoms with Gasteiger partial charge < -0.3 is 16.0 Å². The lowest BCUT2D eigenvalue weighted by Gasteiger charge is -2.42. The highest BCUT2D eigenvalue weighted by molar-refractivity contribution is 6.06. The first kappa shape index (κ1) is 22.8. The summed E-state index contributed by atoms with van der Waals surface area (Å²) in [4.78, 5) is 32.9. The van der Waals surface area contributed by atoms with Crippen molar-refractivity contribution in [3.8, 4) is 6.07 Å². The van der Waals surface area contributed by atoms with Crippen LogP contribution < -0.4 is 11.1 Å². The van der Waals surface area contributed by atoms with E-state index in [1.165, 1.54) is 6.20 Å². The number of benzene rings is 2. The third-order valence-electron chi connectivity index (χ3n) is 5.35. The van der Waals surface area contributed by atoms with E-state index in [-0.39, 0.29) is 17.7 Å². The van der Waals surface area contributed by atoms with E-state index in [1.54, 1.807) is 60.6 Å². The Hall–Kier alpha value is -3.92. The molecule has 0 bridgehead atoms. The standard InChI is InChI=1S/C25H27N5O2/c1-16(2)15-30-23(18(13-27)14-28-3)22(20-9-4-5-10-21(20)25(30)32)24(31)29-19-8-6-7-17(11-19)12-26/h4-11,13-14,16,22-23H,15,27H2,1-3H3,(H,29,31)/t22-,23+/m0/s1. The molecule has 32 heavy (non-hydrogen) atoms. The Balaban J connectivity index is 2.15. The van der Waals surface area contributed by atoms with Crippen molar-refractivity contribution in [1.82, 2.24) is 4.90 Å². The van der Waals surface area contributed by atoms with Crippen molar-refractivity contribution in [2.75, 3.05) is 18.9 Å². The number of nitrogens with two attached hydrogens (primary N) is 1. The fraction of sp³-hybridized carbons (Fsp3) is 0.280. The lowest BCUT2D eigenvalue weighted by molar-refractivity contribution is -0.118. The fourth-order valence-corrected chi connectivity index (χ4v) is 4.09. The number of nitriles is 1. The SMILES string of the molecule is CN=CC(=CN)[C@@H]1[C@@H](C(=O)Nc2cccc(C#N)c2)c2ccccc2C(=O)N1CC(C)C. The van der Waals surface area contributed by atoms with E-state index in [0.717, 1.165) is 0 Å². The first-order valence-corrected chi connectivity index (χ1v) is 10.5. The number of aliphatic imine (C=N–C) groups is 1. The molecule has 1 aliphatic heterocycles. The average Bonchev–Trinajstić information content (AvgIpc) is 2.79. The van der Waals surface area contributed by atoms with Crippen LogP contribution in [0.5, 0.6) is 0 Å². The van der Waals surface area contributed by atoms with Crippen molar-refractivity contribution in [2.24, 2.45) is 16.6 Å². The fourth-order valence-electron chi connectivity index (χ4n) is 4.09. The van der Waals surface area contributed by atoms with Crippen LogP contribution in [-0.4, -0.2) is 42.6 Å². The molecule has 7 nitrogen and oxygen atoms in total. The van der Waals surface area contributed by atoms with Crippen molar-refractivity contribution in [3.05, 3.63) is 77.0 Å². The van der Waals surface area contributed by atoms with E-state index in [1.807, 2.05) is 19.9 Å². The number of carbonyl (C=O) groups excluding carboxylic acids is 2. The molecule has 7 heteroatoms. The molecule has 2 aromatic rings. The summed E-state index contributed by atoms with van der Waals surface area (Å²) in [5.41, 5.74) is 8.63. The zero-order valence-corrected chi connectivity index (χ0v) is 18.4. The maximum absolute atomic E-state index is 13.7. The van der Waals surface area contributed by atoms with Crippen LogP contribution in [0.15, 0.2) is 65.3 Å². The van der Waals surface area contributed by atoms with Crippen molar-refractivity contribution in [1.29, 1.82) is 5.26 Å². The van der Waals surface area contributed by atoms with Crippen LogP contribution >= 0.6 is 0 Å². The number of hydrogen-bond donors (Lipinski definition) is 2. The predicted molar refractivity (Wildman–Crippen MR) is 125 cm³/mol. The van der Waals surface area contributed by atoms with Gasteiger partial charge in [-0.1, -0.05) is 38.1 Å². The van der Waals surface area contributed by atoms with Crippen LogP contribution in [-0.2, 0) is 4.79 Å². The van der Waals surface area contributed by atoms with E-state index in [0.29, 0.717) is 34.5 Å². The van der Waals surface area contributed by atoms with Crippen LogP contribution in [0.1, 0.15) is 41.3 Å². The van der Waals surface area contributed by atoms with Gasteiger partial charge in [-0.3, -0.25) is 14.6 Å². The molecular formula is C25H27N5O2. The van der Waals surface area contributed by atoms with E-state index in [4.69, 9.17) is 5.73 Å². The molecule has 0 spiro atoms. The average molecular weight is 430 g/mol. The van der Waals surface area contributed by atoms with Gasteiger partial charge in [0.15, 0.2) is 0 Å². The molecule has 0 aliphatic carbocycles. The summed E-state index contributed by atoms with van der Waals surface area (Å²) in [5, 5.41) is 12.1. The molecule has 0 radical (unpaired) electrons. The largest absolute Gasteiger partial charge is 0.404 e. The van der Waals surface area contributed by atoms with Gasteiger partial charge in [0.1, 0.15) is 0 Å². The zero-order valence-electron chi connectivity index (χ0n) is 18.4. The van der Waals surface area contributed by atoms with Gasteiger partial charge in [-0.2, -0.15) is 5.26 Å². The van der Waals surface area contributed by atoms with Gasteiger partial charge >= 0.3 is 0 Å². The van der Waals surface area contributed by atoms with E-state index in [2.05, 4.69) is 16.4 Å². The van der Waals surface area contributed by atoms with Gasteiger partial charge in [-0.15, -0.1) is 0 Å². The molecule has 2 atom stereocenters. The van der Waals surface area contributed by atoms with Crippen molar-refractivity contribution < 1.29 is 9.59 Å². The highest BCUT2D eigenvalue weighted by Gasteiger charge is 2.44. The molecule has 1 heterocycles. The topological polar surface area (TPSA) is 112 Å². The van der Waals surface area contributed by atoms with Gasteiger partial charge in [0.25, 0.3) is 5.91 Å². The number of anilines is 1. The Morgan fingerprint density at radius 3 is 2.69 bits per heavy atom. The first-order valence-electron chi connectivity index (χ1n) is 10.5. The maximum Gasteiger partial charge on any atom is 0.254 e. The predicted octanol–water partition coefficient (Wildman–Crippen LogP) is 3.30. The van der Waals surface area contributed by atoms with E-state index >= 15 is 0 Å². The Labute approximate surface area is 188 Å². The smallest absolute Gasteiger partial charge is 0.254 e. The van der Waals surface area contributed by atoms with Crippen LogP contribution in [0.25, 0.3) is 0 Å². The summed E-state index contributed by atoms with van der Waals surface area (Å²) in [6, 6.07) is 15.4. The minimum Gasteiger partial charge on any atom is -0.404 e. The Morgan fingerprint density at radius 1 is 1.28 bits per heavy atom. The molecule has 0 unspecified atom stereocenters. The molecule has 0 saturated carbocycles.